The zero-order chi connectivity index (χ0) is 24.0. The van der Waals surface area contributed by atoms with Crippen molar-refractivity contribution in [3.8, 4) is 0 Å². The van der Waals surface area contributed by atoms with Gasteiger partial charge < -0.3 is 15.0 Å². The van der Waals surface area contributed by atoms with Crippen molar-refractivity contribution in [3.63, 3.8) is 0 Å². The third-order valence-electron chi connectivity index (χ3n) is 8.27. The molecular weight excluding hydrogens is 474 g/mol. The highest BCUT2D eigenvalue weighted by molar-refractivity contribution is 8.00. The molecule has 178 valence electrons. The molecule has 2 amide bonds. The number of H-pyrrole nitrogens is 1. The number of hydrogen-bond donors (Lipinski definition) is 2. The van der Waals surface area contributed by atoms with Crippen molar-refractivity contribution in [2.45, 2.75) is 35.6 Å². The number of carboxylic acids is 1. The third kappa shape index (κ3) is 2.84. The third-order valence-corrected chi connectivity index (χ3v) is 10.9. The fourth-order valence-electron chi connectivity index (χ4n) is 6.89. The van der Waals surface area contributed by atoms with E-state index in [9.17, 15) is 24.3 Å². The molecule has 34 heavy (non-hydrogen) atoms. The highest BCUT2D eigenvalue weighted by atomic mass is 32.2. The number of carbonyl (C=O) groups excluding carboxylic acids is 2. The second kappa shape index (κ2) is 7.45. The van der Waals surface area contributed by atoms with Crippen LogP contribution >= 0.6 is 23.1 Å². The molecule has 3 fully saturated rings. The van der Waals surface area contributed by atoms with Gasteiger partial charge in [0.2, 0.25) is 11.8 Å². The monoisotopic (exact) mass is 499 g/mol. The van der Waals surface area contributed by atoms with Crippen LogP contribution in [0.4, 0.5) is 5.69 Å². The average molecular weight is 500 g/mol. The molecule has 2 aliphatic heterocycles. The van der Waals surface area contributed by atoms with Crippen LogP contribution in [0.3, 0.4) is 0 Å². The number of imide groups is 1. The molecule has 1 aromatic heterocycles. The summed E-state index contributed by atoms with van der Waals surface area (Å²) in [4.78, 5) is 57.6. The normalized spacial score (nSPS) is 34.1. The lowest BCUT2D eigenvalue weighted by atomic mass is 9.68. The molecule has 2 N–H and O–H groups in total. The number of aromatic amines is 1. The van der Waals surface area contributed by atoms with Crippen LogP contribution in [0.1, 0.15) is 29.7 Å². The number of benzene rings is 1. The van der Waals surface area contributed by atoms with E-state index in [-0.39, 0.29) is 45.6 Å². The van der Waals surface area contributed by atoms with Crippen molar-refractivity contribution in [3.05, 3.63) is 44.4 Å². The van der Waals surface area contributed by atoms with Crippen LogP contribution in [0.5, 0.6) is 0 Å². The lowest BCUT2D eigenvalue weighted by Crippen LogP contribution is -2.44. The Balaban J connectivity index is 1.43. The van der Waals surface area contributed by atoms with E-state index in [0.717, 1.165) is 32.5 Å². The van der Waals surface area contributed by atoms with E-state index in [1.807, 2.05) is 19.0 Å². The topological polar surface area (TPSA) is 111 Å². The minimum Gasteiger partial charge on any atom is -0.480 e. The highest BCUT2D eigenvalue weighted by Gasteiger charge is 2.70. The van der Waals surface area contributed by atoms with Gasteiger partial charge in [-0.05, 0) is 48.8 Å². The second-order valence-electron chi connectivity index (χ2n) is 10.0. The summed E-state index contributed by atoms with van der Waals surface area (Å²) in [5.74, 6) is -2.73. The number of nitrogens with one attached hydrogen (secondary N) is 1. The Morgan fingerprint density at radius 3 is 2.38 bits per heavy atom. The van der Waals surface area contributed by atoms with Crippen LogP contribution < -0.4 is 9.77 Å². The highest BCUT2D eigenvalue weighted by Crippen LogP contribution is 2.68. The molecule has 2 saturated carbocycles. The lowest BCUT2D eigenvalue weighted by molar-refractivity contribution is -0.154. The number of aliphatic carboxylic acids is 1. The Bertz CT molecular complexity index is 1270. The van der Waals surface area contributed by atoms with E-state index < -0.39 is 23.8 Å². The molecule has 2 aliphatic carbocycles. The van der Waals surface area contributed by atoms with Gasteiger partial charge in [0.05, 0.1) is 16.9 Å². The van der Waals surface area contributed by atoms with E-state index in [0.29, 0.717) is 0 Å². The summed E-state index contributed by atoms with van der Waals surface area (Å²) in [6.45, 7) is 1.40. The van der Waals surface area contributed by atoms with Gasteiger partial charge in [0.25, 0.3) is 0 Å². The summed E-state index contributed by atoms with van der Waals surface area (Å²) in [7, 11) is 3.97. The summed E-state index contributed by atoms with van der Waals surface area (Å²) < 4.78 is 0. The Morgan fingerprint density at radius 1 is 1.12 bits per heavy atom. The minimum absolute atomic E-state index is 0.00690. The molecule has 1 aromatic carbocycles. The van der Waals surface area contributed by atoms with Gasteiger partial charge in [-0.2, -0.15) is 0 Å². The number of hydrogen-bond acceptors (Lipinski definition) is 7. The molecule has 4 aliphatic rings. The van der Waals surface area contributed by atoms with Crippen LogP contribution in [-0.4, -0.2) is 58.2 Å². The van der Waals surface area contributed by atoms with Crippen molar-refractivity contribution in [1.29, 1.82) is 0 Å². The van der Waals surface area contributed by atoms with E-state index >= 15 is 0 Å². The van der Waals surface area contributed by atoms with Gasteiger partial charge in [-0.3, -0.25) is 19.3 Å². The number of nitrogens with zero attached hydrogens (tertiary/aromatic N) is 2. The van der Waals surface area contributed by atoms with E-state index in [1.165, 1.54) is 18.3 Å². The summed E-state index contributed by atoms with van der Waals surface area (Å²) in [6.07, 6.45) is 0.788. The number of rotatable bonds is 4. The SMILES string of the molecule is C[C@@H](C(=O)O)N1C(=O)[C@@H]2[C@@H]3C[C@H]([C@H]4Sc5[nH]c(=O)sc5[C@@H](c5ccc(N(C)C)cc5)[C@H]34)[C@@H]2C1=O. The predicted molar refractivity (Wildman–Crippen MR) is 128 cm³/mol. The number of aromatic nitrogens is 1. The van der Waals surface area contributed by atoms with Gasteiger partial charge >= 0.3 is 10.8 Å². The van der Waals surface area contributed by atoms with Crippen molar-refractivity contribution in [2.75, 3.05) is 19.0 Å². The molecule has 8 atom stereocenters. The maximum Gasteiger partial charge on any atom is 0.326 e. The number of thioether (sulfide) groups is 1. The first-order valence-corrected chi connectivity index (χ1v) is 13.1. The molecule has 2 aromatic rings. The second-order valence-corrected chi connectivity index (χ2v) is 12.2. The van der Waals surface area contributed by atoms with E-state index in [2.05, 4.69) is 29.2 Å². The first-order chi connectivity index (χ1) is 16.2. The zero-order valence-electron chi connectivity index (χ0n) is 18.9. The van der Waals surface area contributed by atoms with Crippen LogP contribution in [0.15, 0.2) is 34.1 Å². The van der Waals surface area contributed by atoms with Gasteiger partial charge in [0.15, 0.2) is 0 Å². The van der Waals surface area contributed by atoms with Gasteiger partial charge in [-0.1, -0.05) is 23.5 Å². The number of fused-ring (bicyclic) bond motifs is 9. The Hall–Kier alpha value is -2.59. The molecule has 1 saturated heterocycles. The maximum absolute atomic E-state index is 13.4. The number of thiazole rings is 1. The maximum atomic E-state index is 13.4. The minimum atomic E-state index is -1.17. The standard InChI is InChI=1S/C24H25N3O5S2/c1-9(23(30)31)27-21(28)16-12-8-13(17(16)22(27)29)18-15(12)14(19-20(33-18)25-24(32)34-19)10-4-6-11(7-5-10)26(2)3/h4-7,9,12-18H,8H2,1-3H3,(H,25,32)(H,30,31)/t9-,12+,13-,14-,15-,16+,17-,18+/m0/s1. The molecule has 10 heteroatoms. The smallest absolute Gasteiger partial charge is 0.326 e. The van der Waals surface area contributed by atoms with Gasteiger partial charge in [-0.15, -0.1) is 11.8 Å². The van der Waals surface area contributed by atoms with E-state index in [1.54, 1.807) is 11.8 Å². The van der Waals surface area contributed by atoms with Crippen LogP contribution in [0.25, 0.3) is 0 Å². The Morgan fingerprint density at radius 2 is 1.76 bits per heavy atom. The van der Waals surface area contributed by atoms with Gasteiger partial charge in [-0.25, -0.2) is 4.79 Å². The average Bonchev–Trinajstić information content (AvgIpc) is 3.52. The van der Waals surface area contributed by atoms with Gasteiger partial charge in [0.1, 0.15) is 6.04 Å². The number of amides is 2. The molecule has 2 bridgehead atoms. The van der Waals surface area contributed by atoms with Crippen molar-refractivity contribution in [2.24, 2.45) is 29.6 Å². The molecule has 8 nitrogen and oxygen atoms in total. The predicted octanol–water partition coefficient (Wildman–Crippen LogP) is 2.45. The zero-order valence-corrected chi connectivity index (χ0v) is 20.6. The number of likely N-dealkylation sites (tertiary alicyclic amines) is 1. The lowest BCUT2D eigenvalue weighted by Gasteiger charge is -2.43. The summed E-state index contributed by atoms with van der Waals surface area (Å²) >= 11 is 2.87. The Labute approximate surface area is 204 Å². The van der Waals surface area contributed by atoms with Crippen LogP contribution in [-0.2, 0) is 14.4 Å². The van der Waals surface area contributed by atoms with Crippen LogP contribution in [0.2, 0.25) is 0 Å². The Kier molecular flexibility index (Phi) is 4.80. The number of anilines is 1. The number of carboxylic acid groups (broad SMARTS) is 1. The van der Waals surface area contributed by atoms with Crippen LogP contribution in [0, 0.1) is 29.6 Å². The molecular formula is C24H25N3O5S2. The molecule has 6 rings (SSSR count). The molecule has 3 heterocycles. The summed E-state index contributed by atoms with van der Waals surface area (Å²) in [5, 5.41) is 10.4. The van der Waals surface area contributed by atoms with Gasteiger partial charge in [0, 0.05) is 35.8 Å². The molecule has 0 unspecified atom stereocenters. The largest absolute Gasteiger partial charge is 0.480 e. The van der Waals surface area contributed by atoms with Crippen molar-refractivity contribution < 1.29 is 19.5 Å². The summed E-state index contributed by atoms with van der Waals surface area (Å²) in [5.41, 5.74) is 2.19. The first kappa shape index (κ1) is 21.9. The van der Waals surface area contributed by atoms with Crippen molar-refractivity contribution >= 4 is 46.6 Å². The van der Waals surface area contributed by atoms with Crippen molar-refractivity contribution in [1.82, 2.24) is 9.88 Å². The molecule has 0 spiro atoms. The fourth-order valence-corrected chi connectivity index (χ4v) is 9.77. The summed E-state index contributed by atoms with van der Waals surface area (Å²) in [6, 6.07) is 7.18. The first-order valence-electron chi connectivity index (χ1n) is 11.5. The number of carbonyl (C=O) groups is 3. The van der Waals surface area contributed by atoms with E-state index in [4.69, 9.17) is 0 Å². The molecule has 0 radical (unpaired) electrons. The quantitative estimate of drug-likeness (QED) is 0.622. The fraction of sp³-hybridized carbons (Fsp3) is 0.500.